The van der Waals surface area contributed by atoms with Gasteiger partial charge in [0.1, 0.15) is 22.6 Å². The van der Waals surface area contributed by atoms with Crippen molar-refractivity contribution in [2.75, 3.05) is 26.2 Å². The van der Waals surface area contributed by atoms with Gasteiger partial charge >= 0.3 is 0 Å². The number of methoxy groups -OCH3 is 1. The second-order valence-corrected chi connectivity index (χ2v) is 7.84. The molecule has 0 rings (SSSR count). The van der Waals surface area contributed by atoms with Crippen LogP contribution in [0, 0.1) is 0 Å². The third-order valence-electron chi connectivity index (χ3n) is 1.74. The molecular formula is C13H30ClO3S2+. The lowest BCUT2D eigenvalue weighted by molar-refractivity contribution is -0.107. The first-order valence-corrected chi connectivity index (χ1v) is 9.93. The third kappa shape index (κ3) is 32.3. The van der Waals surface area contributed by atoms with Crippen LogP contribution in [-0.2, 0) is 23.9 Å². The number of hydrogen-bond acceptors (Lipinski definition) is 4. The predicted molar refractivity (Wildman–Crippen MR) is 91.0 cm³/mol. The molecule has 0 fully saturated rings. The van der Waals surface area contributed by atoms with Gasteiger partial charge in [-0.05, 0) is 19.8 Å². The van der Waals surface area contributed by atoms with Gasteiger partial charge in [0.25, 0.3) is 0 Å². The van der Waals surface area contributed by atoms with Crippen LogP contribution >= 0.6 is 22.4 Å². The lowest BCUT2D eigenvalue weighted by Crippen LogP contribution is -2.01. The van der Waals surface area contributed by atoms with Crippen LogP contribution in [-0.4, -0.2) is 38.1 Å². The lowest BCUT2D eigenvalue weighted by Gasteiger charge is -1.94. The molecule has 0 aromatic carbocycles. The first kappa shape index (κ1) is 24.6. The number of halogens is 1. The molecule has 3 nitrogen and oxygen atoms in total. The molecule has 118 valence electrons. The van der Waals surface area contributed by atoms with Gasteiger partial charge in [-0.1, -0.05) is 31.9 Å². The van der Waals surface area contributed by atoms with Crippen LogP contribution in [0.1, 0.15) is 46.5 Å². The van der Waals surface area contributed by atoms with E-state index < -0.39 is 0 Å². The number of rotatable bonds is 8. The van der Waals surface area contributed by atoms with Crippen molar-refractivity contribution in [3.05, 3.63) is 0 Å². The Morgan fingerprint density at radius 3 is 1.95 bits per heavy atom. The number of unbranched alkanes of at least 4 members (excludes halogenated alkanes) is 2. The van der Waals surface area contributed by atoms with Gasteiger partial charge in [-0.3, -0.25) is 0 Å². The first-order valence-electron chi connectivity index (χ1n) is 6.44. The minimum atomic E-state index is -0.144. The van der Waals surface area contributed by atoms with Crippen molar-refractivity contribution in [1.29, 1.82) is 0 Å². The first-order chi connectivity index (χ1) is 9.03. The van der Waals surface area contributed by atoms with E-state index in [4.69, 9.17) is 15.8 Å². The quantitative estimate of drug-likeness (QED) is 0.216. The van der Waals surface area contributed by atoms with E-state index in [2.05, 4.69) is 24.8 Å². The zero-order valence-corrected chi connectivity index (χ0v) is 15.5. The summed E-state index contributed by atoms with van der Waals surface area (Å²) in [5.41, 5.74) is -0.144. The largest absolute Gasteiger partial charge is 0.366 e. The van der Waals surface area contributed by atoms with Crippen molar-refractivity contribution in [3.8, 4) is 0 Å². The summed E-state index contributed by atoms with van der Waals surface area (Å²) in [7, 11) is 5.32. The van der Waals surface area contributed by atoms with Crippen molar-refractivity contribution in [3.63, 3.8) is 0 Å². The summed E-state index contributed by atoms with van der Waals surface area (Å²) in [6, 6.07) is 0. The van der Waals surface area contributed by atoms with E-state index in [1.807, 2.05) is 0 Å². The van der Waals surface area contributed by atoms with Gasteiger partial charge in [0.15, 0.2) is 5.75 Å². The van der Waals surface area contributed by atoms with Gasteiger partial charge in [0.2, 0.25) is 10.2 Å². The smallest absolute Gasteiger partial charge is 0.216 e. The number of carbonyl (C=O) groups is 1. The maximum atomic E-state index is 9.56. The summed E-state index contributed by atoms with van der Waals surface area (Å²) < 4.78 is 9.65. The average molecular weight is 334 g/mol. The number of aldehydes is 1. The zero-order valence-electron chi connectivity index (χ0n) is 13.1. The van der Waals surface area contributed by atoms with Crippen LogP contribution in [0.4, 0.5) is 0 Å². The highest BCUT2D eigenvalue weighted by Gasteiger charge is 2.14. The van der Waals surface area contributed by atoms with Crippen LogP contribution < -0.4 is 0 Å². The molecule has 0 spiro atoms. The summed E-state index contributed by atoms with van der Waals surface area (Å²) in [4.78, 5) is 9.56. The summed E-state index contributed by atoms with van der Waals surface area (Å²) in [6.45, 7) is 6.01. The van der Waals surface area contributed by atoms with E-state index in [1.165, 1.54) is 12.2 Å². The maximum absolute atomic E-state index is 9.56. The van der Waals surface area contributed by atoms with E-state index in [1.54, 1.807) is 31.9 Å². The molecule has 0 aromatic heterocycles. The molecule has 0 aromatic rings. The summed E-state index contributed by atoms with van der Waals surface area (Å²) >= 11 is 5.24. The summed E-state index contributed by atoms with van der Waals surface area (Å²) in [5, 5.41) is 0. The molecule has 6 heteroatoms. The summed E-state index contributed by atoms with van der Waals surface area (Å²) in [6.07, 6.45) is 7.17. The van der Waals surface area contributed by atoms with E-state index >= 15 is 0 Å². The van der Waals surface area contributed by atoms with Crippen molar-refractivity contribution in [2.24, 2.45) is 0 Å². The van der Waals surface area contributed by atoms with Gasteiger partial charge in [0, 0.05) is 19.8 Å². The maximum Gasteiger partial charge on any atom is 0.216 e. The number of alkyl halides is 1. The van der Waals surface area contributed by atoms with Gasteiger partial charge < -0.3 is 9.53 Å². The molecular weight excluding hydrogens is 304 g/mol. The predicted octanol–water partition coefficient (Wildman–Crippen LogP) is 4.45. The van der Waals surface area contributed by atoms with Crippen LogP contribution in [0.5, 0.6) is 0 Å². The zero-order chi connectivity index (χ0) is 15.5. The molecule has 2 unspecified atom stereocenters. The summed E-state index contributed by atoms with van der Waals surface area (Å²) in [5.74, 6) is 1.19. The van der Waals surface area contributed by atoms with E-state index in [9.17, 15) is 4.79 Å². The second kappa shape index (κ2) is 23.7. The van der Waals surface area contributed by atoms with Gasteiger partial charge in [-0.2, -0.15) is 4.18 Å². The van der Waals surface area contributed by atoms with Crippen molar-refractivity contribution in [2.45, 2.75) is 52.0 Å². The molecule has 0 aliphatic carbocycles. The van der Waals surface area contributed by atoms with E-state index in [0.29, 0.717) is 0 Å². The molecule has 0 amide bonds. The van der Waals surface area contributed by atoms with Gasteiger partial charge in [0.05, 0.1) is 7.11 Å². The topological polar surface area (TPSA) is 35.5 Å². The van der Waals surface area contributed by atoms with E-state index in [0.717, 1.165) is 25.5 Å². The Morgan fingerprint density at radius 1 is 1.32 bits per heavy atom. The fourth-order valence-corrected chi connectivity index (χ4v) is 2.90. The number of hydrogen-bond donors (Lipinski definition) is 0. The molecule has 0 radical (unpaired) electrons. The fourth-order valence-electron chi connectivity index (χ4n) is 0.689. The lowest BCUT2D eigenvalue weighted by atomic mass is 10.3. The fraction of sp³-hybridized carbons (Fsp3) is 0.923. The highest BCUT2D eigenvalue weighted by molar-refractivity contribution is 8.72. The minimum Gasteiger partial charge on any atom is -0.366 e. The Bertz CT molecular complexity index is 157. The third-order valence-corrected chi connectivity index (χ3v) is 5.43. The van der Waals surface area contributed by atoms with Crippen molar-refractivity contribution in [1.82, 2.24) is 0 Å². The Labute approximate surface area is 131 Å². The van der Waals surface area contributed by atoms with Gasteiger partial charge in [-0.25, -0.2) is 0 Å². The monoisotopic (exact) mass is 333 g/mol. The van der Waals surface area contributed by atoms with Crippen molar-refractivity contribution < 1.29 is 13.7 Å². The molecule has 0 aliphatic rings. The molecule has 0 aliphatic heterocycles. The van der Waals surface area contributed by atoms with Crippen LogP contribution in [0.3, 0.4) is 0 Å². The molecule has 2 atom stereocenters. The van der Waals surface area contributed by atoms with Crippen LogP contribution in [0.2, 0.25) is 0 Å². The normalized spacial score (nSPS) is 12.4. The number of ether oxygens (including phenoxy) is 1. The Kier molecular flexibility index (Phi) is 30.6. The Balaban J connectivity index is -0.000000209. The Morgan fingerprint density at radius 2 is 1.84 bits per heavy atom. The molecule has 19 heavy (non-hydrogen) atoms. The molecule has 0 saturated heterocycles. The molecule has 0 saturated carbocycles. The van der Waals surface area contributed by atoms with Crippen LogP contribution in [0.25, 0.3) is 0 Å². The molecule has 0 heterocycles. The van der Waals surface area contributed by atoms with E-state index in [-0.39, 0.29) is 15.8 Å². The molecule has 0 N–H and O–H groups in total. The highest BCUT2D eigenvalue weighted by Crippen LogP contribution is 2.13. The SMILES string of the molecule is CCCCC=O.CCC[S+](OC)SC.COC(C)Cl. The number of carbonyl (C=O) groups excluding carboxylic acids is 1. The highest BCUT2D eigenvalue weighted by atomic mass is 35.5. The Hall–Kier alpha value is 0.580. The minimum absolute atomic E-state index is 0.144. The second-order valence-electron chi connectivity index (χ2n) is 3.43. The standard InChI is InChI=1S/C5H13OS2.C5H10O.C3H7ClO/c1-4-5-8(6-2)7-3;1-2-3-4-5-6;1-3(4)5-2/h4-5H2,1-3H3;5H,2-4H2,1H3;3H,1-2H3/q+1;;. The van der Waals surface area contributed by atoms with Crippen molar-refractivity contribution >= 4 is 38.9 Å². The van der Waals surface area contributed by atoms with Gasteiger partial charge in [-0.15, -0.1) is 0 Å². The molecule has 0 bridgehead atoms. The van der Waals surface area contributed by atoms with Crippen LogP contribution in [0.15, 0.2) is 0 Å². The average Bonchev–Trinajstić information content (AvgIpc) is 2.43.